The van der Waals surface area contributed by atoms with Crippen molar-refractivity contribution >= 4 is 17.9 Å². The molecule has 70 heavy (non-hydrogen) atoms. The Balaban J connectivity index is 4.10. The summed E-state index contributed by atoms with van der Waals surface area (Å²) in [6.07, 6.45) is 68.5. The summed E-state index contributed by atoms with van der Waals surface area (Å²) in [5, 5.41) is 0. The van der Waals surface area contributed by atoms with Gasteiger partial charge >= 0.3 is 17.9 Å². The molecule has 0 N–H and O–H groups in total. The summed E-state index contributed by atoms with van der Waals surface area (Å²) in [6.45, 7) is 6.69. The zero-order valence-electron chi connectivity index (χ0n) is 47.8. The smallest absolute Gasteiger partial charge is 0.306 e. The first-order chi connectivity index (χ1) is 34.5. The summed E-state index contributed by atoms with van der Waals surface area (Å²) >= 11 is 0. The molecule has 6 nitrogen and oxygen atoms in total. The molecule has 0 fully saturated rings. The predicted molar refractivity (Wildman–Crippen MR) is 303 cm³/mol. The molecule has 0 heterocycles. The average Bonchev–Trinajstić information content (AvgIpc) is 3.36. The molecule has 6 heteroatoms. The first-order valence-electron chi connectivity index (χ1n) is 32.0. The molecule has 0 aromatic heterocycles. The monoisotopic (exact) mass is 989 g/mol. The Morgan fingerprint density at radius 2 is 0.386 bits per heavy atom. The molecule has 1 atom stereocenters. The van der Waals surface area contributed by atoms with Gasteiger partial charge in [0.2, 0.25) is 0 Å². The second kappa shape index (κ2) is 60.0. The van der Waals surface area contributed by atoms with Crippen molar-refractivity contribution in [3.05, 3.63) is 0 Å². The van der Waals surface area contributed by atoms with Crippen molar-refractivity contribution in [2.75, 3.05) is 13.2 Å². The lowest BCUT2D eigenvalue weighted by Crippen LogP contribution is -2.30. The van der Waals surface area contributed by atoms with Crippen LogP contribution in [-0.2, 0) is 28.6 Å². The molecule has 0 aromatic carbocycles. The molecular weight excluding hydrogens is 865 g/mol. The summed E-state index contributed by atoms with van der Waals surface area (Å²) < 4.78 is 16.9. The highest BCUT2D eigenvalue weighted by atomic mass is 16.6. The highest BCUT2D eigenvalue weighted by molar-refractivity contribution is 5.71. The minimum Gasteiger partial charge on any atom is -0.462 e. The van der Waals surface area contributed by atoms with Gasteiger partial charge in [0, 0.05) is 19.3 Å². The van der Waals surface area contributed by atoms with E-state index >= 15 is 0 Å². The largest absolute Gasteiger partial charge is 0.462 e. The van der Waals surface area contributed by atoms with Crippen LogP contribution < -0.4 is 0 Å². The van der Waals surface area contributed by atoms with Gasteiger partial charge in [-0.2, -0.15) is 0 Å². The number of hydrogen-bond donors (Lipinski definition) is 0. The number of ether oxygens (including phenoxy) is 3. The van der Waals surface area contributed by atoms with Crippen LogP contribution in [0, 0.1) is 0 Å². The molecule has 0 aliphatic carbocycles. The normalized spacial score (nSPS) is 11.9. The molecule has 0 rings (SSSR count). The standard InChI is InChI=1S/C64H124O6/c1-4-7-10-13-16-19-21-23-25-27-29-31-33-35-37-39-41-43-45-48-51-54-57-63(66)69-60-61(59-68-62(65)56-53-50-47-18-15-12-9-6-3)70-64(67)58-55-52-49-46-44-42-40-38-36-34-32-30-28-26-24-22-20-17-14-11-8-5-2/h61H,4-60H2,1-3H3. The lowest BCUT2D eigenvalue weighted by Gasteiger charge is -2.18. The number of hydrogen-bond acceptors (Lipinski definition) is 6. The molecule has 0 radical (unpaired) electrons. The maximum atomic E-state index is 12.9. The Morgan fingerprint density at radius 1 is 0.229 bits per heavy atom. The lowest BCUT2D eigenvalue weighted by atomic mass is 10.0. The Bertz CT molecular complexity index is 1040. The van der Waals surface area contributed by atoms with Crippen LogP contribution in [0.25, 0.3) is 0 Å². The van der Waals surface area contributed by atoms with Crippen molar-refractivity contribution in [2.24, 2.45) is 0 Å². The molecule has 0 amide bonds. The molecule has 0 aliphatic heterocycles. The number of carbonyl (C=O) groups excluding carboxylic acids is 3. The Hall–Kier alpha value is -1.59. The van der Waals surface area contributed by atoms with Crippen LogP contribution in [-0.4, -0.2) is 37.2 Å². The van der Waals surface area contributed by atoms with Gasteiger partial charge in [-0.15, -0.1) is 0 Å². The van der Waals surface area contributed by atoms with Gasteiger partial charge in [0.15, 0.2) is 6.10 Å². The first-order valence-corrected chi connectivity index (χ1v) is 32.0. The number of carbonyl (C=O) groups is 3. The summed E-state index contributed by atoms with van der Waals surface area (Å²) in [7, 11) is 0. The van der Waals surface area contributed by atoms with E-state index in [0.29, 0.717) is 19.3 Å². The van der Waals surface area contributed by atoms with Crippen molar-refractivity contribution in [1.29, 1.82) is 0 Å². The van der Waals surface area contributed by atoms with E-state index in [4.69, 9.17) is 14.2 Å². The average molecular weight is 990 g/mol. The fraction of sp³-hybridized carbons (Fsp3) is 0.953. The molecule has 416 valence electrons. The van der Waals surface area contributed by atoms with Gasteiger partial charge in [-0.25, -0.2) is 0 Å². The summed E-state index contributed by atoms with van der Waals surface area (Å²) in [6, 6.07) is 0. The number of unbranched alkanes of at least 4 members (excludes halogenated alkanes) is 49. The van der Waals surface area contributed by atoms with Crippen molar-refractivity contribution in [3.63, 3.8) is 0 Å². The van der Waals surface area contributed by atoms with E-state index in [1.54, 1.807) is 0 Å². The van der Waals surface area contributed by atoms with Gasteiger partial charge in [0.05, 0.1) is 0 Å². The predicted octanol–water partition coefficient (Wildman–Crippen LogP) is 21.5. The molecule has 0 aromatic rings. The van der Waals surface area contributed by atoms with E-state index in [1.165, 1.54) is 276 Å². The molecule has 0 saturated carbocycles. The fourth-order valence-electron chi connectivity index (χ4n) is 10.0. The van der Waals surface area contributed by atoms with E-state index in [0.717, 1.165) is 57.8 Å². The van der Waals surface area contributed by atoms with Crippen LogP contribution in [0.2, 0.25) is 0 Å². The number of esters is 3. The summed E-state index contributed by atoms with van der Waals surface area (Å²) in [5.41, 5.74) is 0. The molecule has 0 spiro atoms. The lowest BCUT2D eigenvalue weighted by molar-refractivity contribution is -0.167. The third-order valence-electron chi connectivity index (χ3n) is 14.9. The van der Waals surface area contributed by atoms with Gasteiger partial charge in [-0.05, 0) is 19.3 Å². The van der Waals surface area contributed by atoms with Crippen LogP contribution in [0.3, 0.4) is 0 Å². The van der Waals surface area contributed by atoms with Gasteiger partial charge < -0.3 is 14.2 Å². The van der Waals surface area contributed by atoms with Gasteiger partial charge in [-0.3, -0.25) is 14.4 Å². The fourth-order valence-corrected chi connectivity index (χ4v) is 10.0. The molecule has 0 aliphatic rings. The SMILES string of the molecule is CCCCCCCCCCCCCCCCCCCCCCCCC(=O)OCC(COC(=O)CCCCCCCCCC)OC(=O)CCCCCCCCCCCCCCCCCCCCCCCC. The van der Waals surface area contributed by atoms with Crippen LogP contribution >= 0.6 is 0 Å². The van der Waals surface area contributed by atoms with Crippen molar-refractivity contribution in [3.8, 4) is 0 Å². The van der Waals surface area contributed by atoms with Crippen molar-refractivity contribution in [1.82, 2.24) is 0 Å². The van der Waals surface area contributed by atoms with Crippen LogP contribution in [0.1, 0.15) is 374 Å². The maximum absolute atomic E-state index is 12.9. The zero-order valence-corrected chi connectivity index (χ0v) is 47.8. The maximum Gasteiger partial charge on any atom is 0.306 e. The molecular formula is C64H124O6. The number of rotatable bonds is 60. The van der Waals surface area contributed by atoms with E-state index in [2.05, 4.69) is 20.8 Å². The zero-order chi connectivity index (χ0) is 50.7. The third-order valence-corrected chi connectivity index (χ3v) is 14.9. The van der Waals surface area contributed by atoms with E-state index in [1.807, 2.05) is 0 Å². The van der Waals surface area contributed by atoms with E-state index < -0.39 is 6.10 Å². The van der Waals surface area contributed by atoms with Crippen LogP contribution in [0.5, 0.6) is 0 Å². The van der Waals surface area contributed by atoms with Crippen LogP contribution in [0.15, 0.2) is 0 Å². The van der Waals surface area contributed by atoms with Gasteiger partial charge in [0.25, 0.3) is 0 Å². The minimum absolute atomic E-state index is 0.0612. The summed E-state index contributed by atoms with van der Waals surface area (Å²) in [5.74, 6) is -0.834. The second-order valence-corrected chi connectivity index (χ2v) is 22.1. The van der Waals surface area contributed by atoms with E-state index in [9.17, 15) is 14.4 Å². The Labute approximate surface area is 438 Å². The third kappa shape index (κ3) is 57.3. The van der Waals surface area contributed by atoms with Gasteiger partial charge in [0.1, 0.15) is 13.2 Å². The highest BCUT2D eigenvalue weighted by Crippen LogP contribution is 2.19. The van der Waals surface area contributed by atoms with Crippen molar-refractivity contribution < 1.29 is 28.6 Å². The molecule has 0 saturated heterocycles. The topological polar surface area (TPSA) is 78.9 Å². The van der Waals surface area contributed by atoms with Crippen LogP contribution in [0.4, 0.5) is 0 Å². The second-order valence-electron chi connectivity index (χ2n) is 22.1. The molecule has 1 unspecified atom stereocenters. The first kappa shape index (κ1) is 68.4. The quantitative estimate of drug-likeness (QED) is 0.0343. The Morgan fingerprint density at radius 3 is 0.571 bits per heavy atom. The molecule has 0 bridgehead atoms. The minimum atomic E-state index is -0.761. The Kier molecular flexibility index (Phi) is 58.6. The summed E-state index contributed by atoms with van der Waals surface area (Å²) in [4.78, 5) is 38.1. The van der Waals surface area contributed by atoms with Gasteiger partial charge in [-0.1, -0.05) is 335 Å². The van der Waals surface area contributed by atoms with Crippen molar-refractivity contribution in [2.45, 2.75) is 380 Å². The van der Waals surface area contributed by atoms with E-state index in [-0.39, 0.29) is 31.1 Å². The highest BCUT2D eigenvalue weighted by Gasteiger charge is 2.19.